The summed E-state index contributed by atoms with van der Waals surface area (Å²) in [7, 11) is 1.44. The Labute approximate surface area is 143 Å². The molecule has 0 aliphatic heterocycles. The van der Waals surface area contributed by atoms with Crippen LogP contribution in [0.5, 0.6) is 11.5 Å². The van der Waals surface area contributed by atoms with Gasteiger partial charge in [-0.1, -0.05) is 5.16 Å². The monoisotopic (exact) mass is 340 g/mol. The molecule has 0 bridgehead atoms. The van der Waals surface area contributed by atoms with E-state index in [1.54, 1.807) is 24.5 Å². The number of aromatic hydroxyl groups is 1. The summed E-state index contributed by atoms with van der Waals surface area (Å²) in [5, 5.41) is 16.3. The van der Waals surface area contributed by atoms with Gasteiger partial charge >= 0.3 is 0 Å². The van der Waals surface area contributed by atoms with Crippen LogP contribution in [0.4, 0.5) is 0 Å². The summed E-state index contributed by atoms with van der Waals surface area (Å²) in [6.07, 6.45) is 3.70. The van der Waals surface area contributed by atoms with Gasteiger partial charge in [0.1, 0.15) is 0 Å². The average molecular weight is 340 g/mol. The third-order valence-electron chi connectivity index (χ3n) is 3.45. The van der Waals surface area contributed by atoms with Crippen molar-refractivity contribution in [3.8, 4) is 22.9 Å². The maximum Gasteiger partial charge on any atom is 0.251 e. The molecule has 3 rings (SSSR count). The van der Waals surface area contributed by atoms with Crippen molar-refractivity contribution < 1.29 is 19.2 Å². The first kappa shape index (κ1) is 16.4. The van der Waals surface area contributed by atoms with Gasteiger partial charge in [0.05, 0.1) is 7.11 Å². The van der Waals surface area contributed by atoms with Gasteiger partial charge in [-0.15, -0.1) is 0 Å². The first-order chi connectivity index (χ1) is 12.2. The molecule has 0 fully saturated rings. The lowest BCUT2D eigenvalue weighted by molar-refractivity contribution is 0.0953. The molecule has 0 radical (unpaired) electrons. The Morgan fingerprint density at radius 3 is 2.96 bits per heavy atom. The van der Waals surface area contributed by atoms with Gasteiger partial charge in [-0.25, -0.2) is 0 Å². The van der Waals surface area contributed by atoms with Gasteiger partial charge in [-0.05, 0) is 30.3 Å². The summed E-state index contributed by atoms with van der Waals surface area (Å²) in [5.41, 5.74) is 1.09. The highest BCUT2D eigenvalue weighted by Crippen LogP contribution is 2.26. The quantitative estimate of drug-likeness (QED) is 0.704. The Bertz CT molecular complexity index is 864. The number of hydrogen-bond acceptors (Lipinski definition) is 7. The van der Waals surface area contributed by atoms with Crippen LogP contribution in [-0.4, -0.2) is 39.8 Å². The summed E-state index contributed by atoms with van der Waals surface area (Å²) < 4.78 is 10.1. The average Bonchev–Trinajstić information content (AvgIpc) is 3.11. The number of nitrogens with one attached hydrogen (secondary N) is 1. The Kier molecular flexibility index (Phi) is 4.89. The van der Waals surface area contributed by atoms with Crippen molar-refractivity contribution in [2.75, 3.05) is 13.7 Å². The van der Waals surface area contributed by atoms with E-state index in [9.17, 15) is 9.90 Å². The number of amides is 1. The number of nitrogens with zero attached hydrogens (tertiary/aromatic N) is 3. The number of phenols is 1. The van der Waals surface area contributed by atoms with E-state index >= 15 is 0 Å². The summed E-state index contributed by atoms with van der Waals surface area (Å²) >= 11 is 0. The van der Waals surface area contributed by atoms with Gasteiger partial charge in [0.2, 0.25) is 11.7 Å². The van der Waals surface area contributed by atoms with Crippen molar-refractivity contribution in [3.05, 3.63) is 54.2 Å². The predicted octanol–water partition coefficient (Wildman–Crippen LogP) is 1.82. The lowest BCUT2D eigenvalue weighted by Crippen LogP contribution is -2.25. The molecule has 2 aromatic heterocycles. The number of carbonyl (C=O) groups excluding carboxylic acids is 1. The van der Waals surface area contributed by atoms with Crippen molar-refractivity contribution in [3.63, 3.8) is 0 Å². The number of hydrogen-bond donors (Lipinski definition) is 2. The molecule has 2 heterocycles. The van der Waals surface area contributed by atoms with Gasteiger partial charge in [0.15, 0.2) is 11.5 Å². The van der Waals surface area contributed by atoms with Gasteiger partial charge in [0, 0.05) is 36.5 Å². The van der Waals surface area contributed by atoms with Crippen LogP contribution >= 0.6 is 0 Å². The van der Waals surface area contributed by atoms with E-state index in [0.717, 1.165) is 5.56 Å². The van der Waals surface area contributed by atoms with Crippen LogP contribution < -0.4 is 10.1 Å². The van der Waals surface area contributed by atoms with Crippen molar-refractivity contribution >= 4 is 5.91 Å². The molecule has 0 saturated heterocycles. The lowest BCUT2D eigenvalue weighted by Gasteiger charge is -2.06. The molecule has 0 unspecified atom stereocenters. The standard InChI is InChI=1S/C17H16N4O4/c1-24-14-5-4-11(9-13(14)22)17(23)19-8-6-15-20-16(21-25-15)12-3-2-7-18-10-12/h2-5,7,9-10,22H,6,8H2,1H3,(H,19,23). The van der Waals surface area contributed by atoms with Crippen LogP contribution in [0.15, 0.2) is 47.2 Å². The molecule has 0 aliphatic carbocycles. The molecule has 3 aromatic rings. The fourth-order valence-electron chi connectivity index (χ4n) is 2.18. The largest absolute Gasteiger partial charge is 0.504 e. The highest BCUT2D eigenvalue weighted by Gasteiger charge is 2.11. The highest BCUT2D eigenvalue weighted by atomic mass is 16.5. The zero-order valence-corrected chi connectivity index (χ0v) is 13.5. The molecule has 1 amide bonds. The molecule has 8 heteroatoms. The number of methoxy groups -OCH3 is 1. The third kappa shape index (κ3) is 3.92. The number of phenolic OH excluding ortho intramolecular Hbond substituents is 1. The molecule has 0 saturated carbocycles. The Balaban J connectivity index is 1.55. The second-order valence-corrected chi connectivity index (χ2v) is 5.15. The minimum absolute atomic E-state index is 0.0897. The summed E-state index contributed by atoms with van der Waals surface area (Å²) in [6, 6.07) is 8.07. The van der Waals surface area contributed by atoms with Crippen LogP contribution in [0, 0.1) is 0 Å². The van der Waals surface area contributed by atoms with Gasteiger partial charge < -0.3 is 19.7 Å². The molecule has 2 N–H and O–H groups in total. The van der Waals surface area contributed by atoms with E-state index in [4.69, 9.17) is 9.26 Å². The van der Waals surface area contributed by atoms with Crippen molar-refractivity contribution in [2.24, 2.45) is 0 Å². The van der Waals surface area contributed by atoms with Gasteiger partial charge in [0.25, 0.3) is 5.91 Å². The smallest absolute Gasteiger partial charge is 0.251 e. The second-order valence-electron chi connectivity index (χ2n) is 5.15. The SMILES string of the molecule is COc1ccc(C(=O)NCCc2nc(-c3cccnc3)no2)cc1O. The van der Waals surface area contributed by atoms with Crippen LogP contribution in [0.2, 0.25) is 0 Å². The number of benzene rings is 1. The molecular weight excluding hydrogens is 324 g/mol. The summed E-state index contributed by atoms with van der Waals surface area (Å²) in [6.45, 7) is 0.320. The van der Waals surface area contributed by atoms with E-state index in [2.05, 4.69) is 20.4 Å². The Hall–Kier alpha value is -3.42. The van der Waals surface area contributed by atoms with Gasteiger partial charge in [-0.3, -0.25) is 9.78 Å². The van der Waals surface area contributed by atoms with E-state index in [-0.39, 0.29) is 11.7 Å². The molecule has 128 valence electrons. The van der Waals surface area contributed by atoms with Crippen LogP contribution in [0.1, 0.15) is 16.2 Å². The second kappa shape index (κ2) is 7.43. The minimum Gasteiger partial charge on any atom is -0.504 e. The van der Waals surface area contributed by atoms with Crippen molar-refractivity contribution in [1.82, 2.24) is 20.4 Å². The lowest BCUT2D eigenvalue weighted by atomic mass is 10.2. The molecule has 0 aliphatic rings. The maximum atomic E-state index is 12.1. The molecule has 0 atom stereocenters. The molecule has 8 nitrogen and oxygen atoms in total. The first-order valence-electron chi connectivity index (χ1n) is 7.55. The third-order valence-corrected chi connectivity index (χ3v) is 3.45. The maximum absolute atomic E-state index is 12.1. The Morgan fingerprint density at radius 1 is 1.36 bits per heavy atom. The zero-order valence-electron chi connectivity index (χ0n) is 13.5. The number of ether oxygens (including phenoxy) is 1. The van der Waals surface area contributed by atoms with Crippen LogP contribution in [0.3, 0.4) is 0 Å². The molecule has 25 heavy (non-hydrogen) atoms. The molecule has 0 spiro atoms. The van der Waals surface area contributed by atoms with E-state index in [1.165, 1.54) is 19.2 Å². The van der Waals surface area contributed by atoms with E-state index in [0.29, 0.717) is 36.0 Å². The normalized spacial score (nSPS) is 10.4. The summed E-state index contributed by atoms with van der Waals surface area (Å²) in [4.78, 5) is 20.3. The highest BCUT2D eigenvalue weighted by molar-refractivity contribution is 5.94. The first-order valence-corrected chi connectivity index (χ1v) is 7.55. The summed E-state index contributed by atoms with van der Waals surface area (Å²) in [5.74, 6) is 0.773. The Morgan fingerprint density at radius 2 is 2.24 bits per heavy atom. The molecule has 1 aromatic carbocycles. The predicted molar refractivity (Wildman–Crippen MR) is 88.2 cm³/mol. The number of pyridine rings is 1. The van der Waals surface area contributed by atoms with E-state index < -0.39 is 0 Å². The van der Waals surface area contributed by atoms with E-state index in [1.807, 2.05) is 6.07 Å². The fraction of sp³-hybridized carbons (Fsp3) is 0.176. The van der Waals surface area contributed by atoms with Crippen LogP contribution in [-0.2, 0) is 6.42 Å². The number of rotatable bonds is 6. The topological polar surface area (TPSA) is 110 Å². The number of aromatic nitrogens is 3. The van der Waals surface area contributed by atoms with Gasteiger partial charge in [-0.2, -0.15) is 4.98 Å². The van der Waals surface area contributed by atoms with Crippen molar-refractivity contribution in [1.29, 1.82) is 0 Å². The fourth-order valence-corrected chi connectivity index (χ4v) is 2.18. The van der Waals surface area contributed by atoms with Crippen molar-refractivity contribution in [2.45, 2.75) is 6.42 Å². The number of carbonyl (C=O) groups is 1. The minimum atomic E-state index is -0.315. The van der Waals surface area contributed by atoms with Crippen LogP contribution in [0.25, 0.3) is 11.4 Å². The molecular formula is C17H16N4O4. The zero-order chi connectivity index (χ0) is 17.6.